The van der Waals surface area contributed by atoms with E-state index in [-0.39, 0.29) is 17.8 Å². The molecule has 4 nitrogen and oxygen atoms in total. The van der Waals surface area contributed by atoms with Gasteiger partial charge in [-0.05, 0) is 37.6 Å². The SMILES string of the molecule is Cl.NCC1(CC(=O)N2CC3C4CCC(O4)C3C2)CCCCC1. The second-order valence-corrected chi connectivity index (χ2v) is 7.86. The van der Waals surface area contributed by atoms with Gasteiger partial charge in [0.1, 0.15) is 0 Å². The Kier molecular flexibility index (Phi) is 4.73. The maximum atomic E-state index is 12.8. The van der Waals surface area contributed by atoms with Crippen LogP contribution in [0, 0.1) is 17.3 Å². The Morgan fingerprint density at radius 2 is 1.68 bits per heavy atom. The summed E-state index contributed by atoms with van der Waals surface area (Å²) in [5.74, 6) is 1.59. The number of nitrogens with zero attached hydrogens (tertiary/aromatic N) is 1. The van der Waals surface area contributed by atoms with Crippen molar-refractivity contribution < 1.29 is 9.53 Å². The van der Waals surface area contributed by atoms with E-state index in [2.05, 4.69) is 4.90 Å². The molecule has 126 valence electrons. The van der Waals surface area contributed by atoms with E-state index in [4.69, 9.17) is 10.5 Å². The van der Waals surface area contributed by atoms with E-state index in [1.54, 1.807) is 0 Å². The van der Waals surface area contributed by atoms with Crippen LogP contribution < -0.4 is 5.73 Å². The summed E-state index contributed by atoms with van der Waals surface area (Å²) < 4.78 is 6.00. The molecule has 1 amide bonds. The zero-order chi connectivity index (χ0) is 14.4. The lowest BCUT2D eigenvalue weighted by Gasteiger charge is -2.37. The summed E-state index contributed by atoms with van der Waals surface area (Å²) in [6, 6.07) is 0. The fraction of sp³-hybridized carbons (Fsp3) is 0.941. The molecule has 5 heteroatoms. The van der Waals surface area contributed by atoms with Crippen LogP contribution in [0.3, 0.4) is 0 Å². The van der Waals surface area contributed by atoms with Gasteiger partial charge in [-0.25, -0.2) is 0 Å². The Morgan fingerprint density at radius 3 is 2.23 bits per heavy atom. The van der Waals surface area contributed by atoms with Crippen LogP contribution in [0.4, 0.5) is 0 Å². The van der Waals surface area contributed by atoms with E-state index >= 15 is 0 Å². The molecule has 4 fully saturated rings. The standard InChI is InChI=1S/C17H28N2O2.ClH/c18-11-17(6-2-1-3-7-17)8-16(20)19-9-12-13(10-19)15-5-4-14(12)21-15;/h12-15H,1-11,18H2;1H. The Hall–Kier alpha value is -0.320. The van der Waals surface area contributed by atoms with Gasteiger partial charge in [0.2, 0.25) is 5.91 Å². The first-order valence-corrected chi connectivity index (χ1v) is 8.84. The molecule has 4 unspecified atom stereocenters. The molecule has 1 aliphatic carbocycles. The van der Waals surface area contributed by atoms with Gasteiger partial charge in [-0.3, -0.25) is 4.79 Å². The first-order chi connectivity index (χ1) is 10.2. The third kappa shape index (κ3) is 2.67. The van der Waals surface area contributed by atoms with Crippen molar-refractivity contribution in [1.82, 2.24) is 4.90 Å². The highest BCUT2D eigenvalue weighted by Gasteiger charge is 2.54. The van der Waals surface area contributed by atoms with Gasteiger partial charge >= 0.3 is 0 Å². The number of fused-ring (bicyclic) bond motifs is 5. The fourth-order valence-electron chi connectivity index (χ4n) is 5.35. The molecule has 0 aromatic carbocycles. The number of halogens is 1. The third-order valence-corrected chi connectivity index (χ3v) is 6.68. The first kappa shape index (κ1) is 16.5. The van der Waals surface area contributed by atoms with E-state index in [0.717, 1.165) is 25.9 Å². The van der Waals surface area contributed by atoms with Gasteiger partial charge in [0, 0.05) is 31.3 Å². The van der Waals surface area contributed by atoms with Gasteiger partial charge in [0.25, 0.3) is 0 Å². The van der Waals surface area contributed by atoms with Crippen molar-refractivity contribution >= 4 is 18.3 Å². The average Bonchev–Trinajstić information content (AvgIpc) is 3.20. The number of rotatable bonds is 3. The summed E-state index contributed by atoms with van der Waals surface area (Å²) in [5.41, 5.74) is 6.14. The lowest BCUT2D eigenvalue weighted by Crippen LogP contribution is -2.40. The van der Waals surface area contributed by atoms with Crippen LogP contribution in [0.2, 0.25) is 0 Å². The molecule has 0 spiro atoms. The van der Waals surface area contributed by atoms with Gasteiger partial charge in [-0.2, -0.15) is 0 Å². The van der Waals surface area contributed by atoms with Crippen molar-refractivity contribution in [2.45, 2.75) is 63.6 Å². The van der Waals surface area contributed by atoms with Crippen molar-refractivity contribution in [1.29, 1.82) is 0 Å². The van der Waals surface area contributed by atoms with Crippen LogP contribution in [0.5, 0.6) is 0 Å². The van der Waals surface area contributed by atoms with E-state index in [1.165, 1.54) is 32.1 Å². The molecule has 4 atom stereocenters. The number of ether oxygens (including phenoxy) is 1. The number of carbonyl (C=O) groups is 1. The smallest absolute Gasteiger partial charge is 0.223 e. The molecule has 1 saturated carbocycles. The van der Waals surface area contributed by atoms with Gasteiger partial charge in [0.15, 0.2) is 0 Å². The third-order valence-electron chi connectivity index (χ3n) is 6.68. The van der Waals surface area contributed by atoms with E-state index < -0.39 is 0 Å². The summed E-state index contributed by atoms with van der Waals surface area (Å²) in [5, 5.41) is 0. The minimum atomic E-state index is 0. The maximum absolute atomic E-state index is 12.8. The normalized spacial score (nSPS) is 38.7. The van der Waals surface area contributed by atoms with Crippen LogP contribution in [-0.2, 0) is 9.53 Å². The Balaban J connectivity index is 0.00000144. The summed E-state index contributed by atoms with van der Waals surface area (Å²) in [4.78, 5) is 14.9. The molecular weight excluding hydrogens is 300 g/mol. The van der Waals surface area contributed by atoms with Crippen molar-refractivity contribution in [2.75, 3.05) is 19.6 Å². The van der Waals surface area contributed by atoms with Crippen LogP contribution in [-0.4, -0.2) is 42.6 Å². The van der Waals surface area contributed by atoms with E-state index in [1.807, 2.05) is 0 Å². The topological polar surface area (TPSA) is 55.6 Å². The minimum absolute atomic E-state index is 0. The Labute approximate surface area is 139 Å². The zero-order valence-corrected chi connectivity index (χ0v) is 14.2. The number of nitrogens with two attached hydrogens (primary N) is 1. The lowest BCUT2D eigenvalue weighted by molar-refractivity contribution is -0.133. The van der Waals surface area contributed by atoms with Gasteiger partial charge in [-0.1, -0.05) is 19.3 Å². The van der Waals surface area contributed by atoms with Crippen molar-refractivity contribution in [3.05, 3.63) is 0 Å². The molecule has 2 N–H and O–H groups in total. The molecule has 3 saturated heterocycles. The average molecular weight is 329 g/mol. The van der Waals surface area contributed by atoms with Crippen LogP contribution >= 0.6 is 12.4 Å². The molecular formula is C17H29ClN2O2. The molecule has 3 aliphatic heterocycles. The largest absolute Gasteiger partial charge is 0.374 e. The van der Waals surface area contributed by atoms with E-state index in [9.17, 15) is 4.79 Å². The summed E-state index contributed by atoms with van der Waals surface area (Å²) in [6.45, 7) is 2.55. The Morgan fingerprint density at radius 1 is 1.09 bits per heavy atom. The summed E-state index contributed by atoms with van der Waals surface area (Å²) in [6.07, 6.45) is 10.1. The van der Waals surface area contributed by atoms with Gasteiger partial charge in [-0.15, -0.1) is 12.4 Å². The van der Waals surface area contributed by atoms with Crippen molar-refractivity contribution in [2.24, 2.45) is 23.0 Å². The van der Waals surface area contributed by atoms with E-state index in [0.29, 0.717) is 42.9 Å². The van der Waals surface area contributed by atoms with Crippen LogP contribution in [0.25, 0.3) is 0 Å². The van der Waals surface area contributed by atoms with Crippen molar-refractivity contribution in [3.8, 4) is 0 Å². The molecule has 2 bridgehead atoms. The second kappa shape index (κ2) is 6.29. The first-order valence-electron chi connectivity index (χ1n) is 8.84. The molecule has 0 aromatic heterocycles. The highest BCUT2D eigenvalue weighted by atomic mass is 35.5. The number of carbonyl (C=O) groups excluding carboxylic acids is 1. The highest BCUT2D eigenvalue weighted by Crippen LogP contribution is 2.48. The number of hydrogen-bond donors (Lipinski definition) is 1. The second-order valence-electron chi connectivity index (χ2n) is 7.86. The predicted octanol–water partition coefficient (Wildman–Crippen LogP) is 2.34. The molecule has 4 aliphatic rings. The highest BCUT2D eigenvalue weighted by molar-refractivity contribution is 5.85. The molecule has 0 aromatic rings. The summed E-state index contributed by atoms with van der Waals surface area (Å²) in [7, 11) is 0. The molecule has 4 rings (SSSR count). The van der Waals surface area contributed by atoms with Crippen LogP contribution in [0.1, 0.15) is 51.4 Å². The monoisotopic (exact) mass is 328 g/mol. The number of likely N-dealkylation sites (tertiary alicyclic amines) is 1. The summed E-state index contributed by atoms with van der Waals surface area (Å²) >= 11 is 0. The lowest BCUT2D eigenvalue weighted by atomic mass is 9.71. The number of hydrogen-bond acceptors (Lipinski definition) is 3. The Bertz CT molecular complexity index is 407. The number of amides is 1. The molecule has 0 radical (unpaired) electrons. The minimum Gasteiger partial charge on any atom is -0.374 e. The van der Waals surface area contributed by atoms with Gasteiger partial charge in [0.05, 0.1) is 12.2 Å². The predicted molar refractivity (Wildman–Crippen MR) is 87.9 cm³/mol. The van der Waals surface area contributed by atoms with Crippen LogP contribution in [0.15, 0.2) is 0 Å². The zero-order valence-electron chi connectivity index (χ0n) is 13.3. The molecule has 3 heterocycles. The van der Waals surface area contributed by atoms with Crippen molar-refractivity contribution in [3.63, 3.8) is 0 Å². The molecule has 22 heavy (non-hydrogen) atoms. The quantitative estimate of drug-likeness (QED) is 0.865. The van der Waals surface area contributed by atoms with Gasteiger partial charge < -0.3 is 15.4 Å². The fourth-order valence-corrected chi connectivity index (χ4v) is 5.35. The maximum Gasteiger partial charge on any atom is 0.223 e.